The van der Waals surface area contributed by atoms with Gasteiger partial charge in [-0.25, -0.2) is 0 Å². The van der Waals surface area contributed by atoms with Crippen molar-refractivity contribution in [1.29, 1.82) is 0 Å². The molecule has 3 rings (SSSR count). The van der Waals surface area contributed by atoms with Crippen LogP contribution in [0.5, 0.6) is 0 Å². The van der Waals surface area contributed by atoms with E-state index in [1.807, 2.05) is 42.6 Å². The molecule has 0 aliphatic carbocycles. The summed E-state index contributed by atoms with van der Waals surface area (Å²) in [4.78, 5) is 21.3. The lowest BCUT2D eigenvalue weighted by molar-refractivity contribution is 0.0785. The van der Waals surface area contributed by atoms with Crippen LogP contribution in [0.1, 0.15) is 15.9 Å². The summed E-state index contributed by atoms with van der Waals surface area (Å²) < 4.78 is 0. The van der Waals surface area contributed by atoms with Gasteiger partial charge in [-0.1, -0.05) is 6.07 Å². The summed E-state index contributed by atoms with van der Waals surface area (Å²) in [5, 5.41) is 1.05. The van der Waals surface area contributed by atoms with E-state index in [0.29, 0.717) is 12.1 Å². The summed E-state index contributed by atoms with van der Waals surface area (Å²) in [6.45, 7) is 0.553. The fourth-order valence-corrected chi connectivity index (χ4v) is 2.24. The number of carbonyl (C=O) groups excluding carboxylic acids is 1. The molecule has 0 bridgehead atoms. The van der Waals surface area contributed by atoms with E-state index in [0.717, 1.165) is 16.5 Å². The number of pyridine rings is 1. The molecule has 1 amide bonds. The first-order valence-electron chi connectivity index (χ1n) is 6.45. The molecule has 0 aliphatic rings. The van der Waals surface area contributed by atoms with E-state index in [1.54, 1.807) is 24.3 Å². The minimum atomic E-state index is 0.0111. The smallest absolute Gasteiger partial charge is 0.253 e. The number of nitrogens with one attached hydrogen (secondary N) is 1. The van der Waals surface area contributed by atoms with Gasteiger partial charge < -0.3 is 9.88 Å². The fraction of sp³-hybridized carbons (Fsp3) is 0.125. The van der Waals surface area contributed by atoms with E-state index in [9.17, 15) is 4.79 Å². The average molecular weight is 265 g/mol. The first-order chi connectivity index (χ1) is 9.74. The van der Waals surface area contributed by atoms with Crippen LogP contribution in [-0.2, 0) is 6.54 Å². The van der Waals surface area contributed by atoms with Crippen LogP contribution in [0, 0.1) is 0 Å². The number of benzene rings is 1. The highest BCUT2D eigenvalue weighted by Gasteiger charge is 2.12. The van der Waals surface area contributed by atoms with Gasteiger partial charge in [0.15, 0.2) is 0 Å². The lowest BCUT2D eigenvalue weighted by atomic mass is 10.1. The predicted molar refractivity (Wildman–Crippen MR) is 78.3 cm³/mol. The first-order valence-corrected chi connectivity index (χ1v) is 6.45. The Balaban J connectivity index is 1.80. The lowest BCUT2D eigenvalue weighted by Gasteiger charge is -2.17. The number of rotatable bonds is 3. The van der Waals surface area contributed by atoms with E-state index in [4.69, 9.17) is 0 Å². The molecule has 0 aliphatic heterocycles. The number of fused-ring (bicyclic) bond motifs is 1. The SMILES string of the molecule is CN(Cc1cccnc1)C(=O)c1ccc2[nH]ccc2c1. The van der Waals surface area contributed by atoms with E-state index in [-0.39, 0.29) is 5.91 Å². The summed E-state index contributed by atoms with van der Waals surface area (Å²) in [5.74, 6) is 0.0111. The standard InChI is InChI=1S/C16H15N3O/c1-19(11-12-3-2-7-17-10-12)16(20)14-4-5-15-13(9-14)6-8-18-15/h2-10,18H,11H2,1H3. The van der Waals surface area contributed by atoms with Crippen LogP contribution in [0.2, 0.25) is 0 Å². The molecule has 2 aromatic heterocycles. The number of H-pyrrole nitrogens is 1. The molecule has 0 saturated heterocycles. The van der Waals surface area contributed by atoms with Gasteiger partial charge in [-0.2, -0.15) is 0 Å². The maximum Gasteiger partial charge on any atom is 0.253 e. The maximum atomic E-state index is 12.4. The minimum Gasteiger partial charge on any atom is -0.361 e. The van der Waals surface area contributed by atoms with Gasteiger partial charge in [0.2, 0.25) is 0 Å². The van der Waals surface area contributed by atoms with Gasteiger partial charge in [-0.05, 0) is 35.9 Å². The normalized spacial score (nSPS) is 10.7. The molecule has 1 N–H and O–H groups in total. The molecule has 0 fully saturated rings. The molecule has 0 unspecified atom stereocenters. The monoisotopic (exact) mass is 265 g/mol. The Hall–Kier alpha value is -2.62. The number of aromatic nitrogens is 2. The van der Waals surface area contributed by atoms with Crippen LogP contribution < -0.4 is 0 Å². The Labute approximate surface area is 117 Å². The summed E-state index contributed by atoms with van der Waals surface area (Å²) in [7, 11) is 1.80. The molecule has 20 heavy (non-hydrogen) atoms. The zero-order valence-corrected chi connectivity index (χ0v) is 11.2. The topological polar surface area (TPSA) is 49.0 Å². The molecular formula is C16H15N3O. The highest BCUT2D eigenvalue weighted by atomic mass is 16.2. The maximum absolute atomic E-state index is 12.4. The third-order valence-corrected chi connectivity index (χ3v) is 3.29. The summed E-state index contributed by atoms with van der Waals surface area (Å²) >= 11 is 0. The summed E-state index contributed by atoms with van der Waals surface area (Å²) in [6, 6.07) is 11.5. The van der Waals surface area contributed by atoms with Crippen molar-refractivity contribution in [2.24, 2.45) is 0 Å². The fourth-order valence-electron chi connectivity index (χ4n) is 2.24. The summed E-state index contributed by atoms with van der Waals surface area (Å²) in [5.41, 5.74) is 2.76. The van der Waals surface area contributed by atoms with Crippen LogP contribution >= 0.6 is 0 Å². The Morgan fingerprint density at radius 1 is 1.30 bits per heavy atom. The van der Waals surface area contributed by atoms with E-state index in [1.165, 1.54) is 0 Å². The Bertz CT molecular complexity index is 734. The van der Waals surface area contributed by atoms with Gasteiger partial charge in [-0.3, -0.25) is 9.78 Å². The molecule has 0 spiro atoms. The molecule has 0 radical (unpaired) electrons. The van der Waals surface area contributed by atoms with Crippen molar-refractivity contribution in [3.8, 4) is 0 Å². The molecular weight excluding hydrogens is 250 g/mol. The molecule has 0 saturated carbocycles. The third-order valence-electron chi connectivity index (χ3n) is 3.29. The number of nitrogens with zero attached hydrogens (tertiary/aromatic N) is 2. The zero-order valence-electron chi connectivity index (χ0n) is 11.2. The van der Waals surface area contributed by atoms with Crippen LogP contribution in [0.3, 0.4) is 0 Å². The van der Waals surface area contributed by atoms with Crippen molar-refractivity contribution in [2.75, 3.05) is 7.05 Å². The second-order valence-electron chi connectivity index (χ2n) is 4.80. The van der Waals surface area contributed by atoms with E-state index >= 15 is 0 Å². The highest BCUT2D eigenvalue weighted by Crippen LogP contribution is 2.16. The molecule has 1 aromatic carbocycles. The predicted octanol–water partition coefficient (Wildman–Crippen LogP) is 2.84. The van der Waals surface area contributed by atoms with E-state index in [2.05, 4.69) is 9.97 Å². The van der Waals surface area contributed by atoms with Crippen LogP contribution in [0.25, 0.3) is 10.9 Å². The Kier molecular flexibility index (Phi) is 3.21. The molecule has 4 heteroatoms. The minimum absolute atomic E-state index is 0.0111. The summed E-state index contributed by atoms with van der Waals surface area (Å²) in [6.07, 6.45) is 5.38. The number of carbonyl (C=O) groups is 1. The van der Waals surface area contributed by atoms with Crippen LogP contribution in [-0.4, -0.2) is 27.8 Å². The quantitative estimate of drug-likeness (QED) is 0.791. The molecule has 0 atom stereocenters. The molecule has 100 valence electrons. The highest BCUT2D eigenvalue weighted by molar-refractivity contribution is 5.97. The second-order valence-corrected chi connectivity index (χ2v) is 4.80. The zero-order chi connectivity index (χ0) is 13.9. The largest absolute Gasteiger partial charge is 0.361 e. The number of amides is 1. The Morgan fingerprint density at radius 3 is 3.00 bits per heavy atom. The number of aromatic amines is 1. The van der Waals surface area contributed by atoms with Crippen molar-refractivity contribution in [3.05, 3.63) is 66.1 Å². The van der Waals surface area contributed by atoms with Gasteiger partial charge in [0.25, 0.3) is 5.91 Å². The number of hydrogen-bond acceptors (Lipinski definition) is 2. The van der Waals surface area contributed by atoms with E-state index < -0.39 is 0 Å². The van der Waals surface area contributed by atoms with Crippen LogP contribution in [0.15, 0.2) is 55.0 Å². The average Bonchev–Trinajstić information content (AvgIpc) is 2.94. The Morgan fingerprint density at radius 2 is 2.20 bits per heavy atom. The van der Waals surface area contributed by atoms with Gasteiger partial charge in [0.05, 0.1) is 0 Å². The van der Waals surface area contributed by atoms with Gasteiger partial charge in [0.1, 0.15) is 0 Å². The molecule has 4 nitrogen and oxygen atoms in total. The van der Waals surface area contributed by atoms with Gasteiger partial charge in [0, 0.05) is 48.6 Å². The third kappa shape index (κ3) is 2.40. The second kappa shape index (κ2) is 5.17. The molecule has 3 aromatic rings. The van der Waals surface area contributed by atoms with Gasteiger partial charge >= 0.3 is 0 Å². The molecule has 2 heterocycles. The van der Waals surface area contributed by atoms with Crippen molar-refractivity contribution < 1.29 is 4.79 Å². The van der Waals surface area contributed by atoms with Gasteiger partial charge in [-0.15, -0.1) is 0 Å². The van der Waals surface area contributed by atoms with Crippen molar-refractivity contribution in [2.45, 2.75) is 6.54 Å². The lowest BCUT2D eigenvalue weighted by Crippen LogP contribution is -2.26. The van der Waals surface area contributed by atoms with Crippen LogP contribution in [0.4, 0.5) is 0 Å². The van der Waals surface area contributed by atoms with Crippen molar-refractivity contribution in [1.82, 2.24) is 14.9 Å². The van der Waals surface area contributed by atoms with Crippen molar-refractivity contribution >= 4 is 16.8 Å². The first kappa shape index (κ1) is 12.4. The number of hydrogen-bond donors (Lipinski definition) is 1. The van der Waals surface area contributed by atoms with Crippen molar-refractivity contribution in [3.63, 3.8) is 0 Å².